The molecule has 1 saturated carbocycles. The van der Waals surface area contributed by atoms with Gasteiger partial charge in [-0.05, 0) is 12.8 Å². The second-order valence-corrected chi connectivity index (χ2v) is 4.82. The van der Waals surface area contributed by atoms with E-state index in [1.807, 2.05) is 0 Å². The molecule has 0 aromatic carbocycles. The Balaban J connectivity index is 1.94. The number of carboxylic acid groups (broad SMARTS) is 1. The SMILES string of the molecule is O=C(O)CC1(Cn2nc3cnccn3c2=O)CC1. The number of aliphatic carboxylic acids is 1. The number of hydrogen-bond acceptors (Lipinski definition) is 4. The molecule has 18 heavy (non-hydrogen) atoms. The highest BCUT2D eigenvalue weighted by Crippen LogP contribution is 2.49. The van der Waals surface area contributed by atoms with E-state index in [1.54, 1.807) is 6.20 Å². The predicted octanol–water partition coefficient (Wildman–Crippen LogP) is 0.146. The number of aromatic nitrogens is 4. The Hall–Kier alpha value is -2.18. The lowest BCUT2D eigenvalue weighted by Gasteiger charge is -2.10. The summed E-state index contributed by atoms with van der Waals surface area (Å²) in [5.74, 6) is -0.828. The van der Waals surface area contributed by atoms with Gasteiger partial charge in [-0.25, -0.2) is 13.9 Å². The summed E-state index contributed by atoms with van der Waals surface area (Å²) in [6.45, 7) is 0.361. The minimum absolute atomic E-state index is 0.0889. The van der Waals surface area contributed by atoms with E-state index < -0.39 is 5.97 Å². The van der Waals surface area contributed by atoms with Gasteiger partial charge >= 0.3 is 11.7 Å². The van der Waals surface area contributed by atoms with Crippen LogP contribution in [0.15, 0.2) is 23.4 Å². The summed E-state index contributed by atoms with van der Waals surface area (Å²) in [4.78, 5) is 26.7. The van der Waals surface area contributed by atoms with Crippen molar-refractivity contribution >= 4 is 11.6 Å². The zero-order chi connectivity index (χ0) is 12.8. The Bertz CT molecular complexity index is 668. The first kappa shape index (κ1) is 10.9. The number of hydrogen-bond donors (Lipinski definition) is 1. The molecular weight excluding hydrogens is 236 g/mol. The van der Waals surface area contributed by atoms with Gasteiger partial charge in [0.2, 0.25) is 0 Å². The van der Waals surface area contributed by atoms with E-state index in [-0.39, 0.29) is 17.5 Å². The quantitative estimate of drug-likeness (QED) is 0.831. The second kappa shape index (κ2) is 3.66. The van der Waals surface area contributed by atoms with E-state index in [0.29, 0.717) is 12.2 Å². The molecule has 1 N–H and O–H groups in total. The van der Waals surface area contributed by atoms with Crippen LogP contribution in [-0.4, -0.2) is 30.2 Å². The summed E-state index contributed by atoms with van der Waals surface area (Å²) in [6.07, 6.45) is 6.33. The number of rotatable bonds is 4. The minimum Gasteiger partial charge on any atom is -0.481 e. The summed E-state index contributed by atoms with van der Waals surface area (Å²) in [5, 5.41) is 13.0. The van der Waals surface area contributed by atoms with Gasteiger partial charge < -0.3 is 5.11 Å². The Morgan fingerprint density at radius 1 is 1.50 bits per heavy atom. The fourth-order valence-electron chi connectivity index (χ4n) is 2.19. The average Bonchev–Trinajstić information content (AvgIpc) is 2.99. The first-order chi connectivity index (χ1) is 8.60. The summed E-state index contributed by atoms with van der Waals surface area (Å²) in [6, 6.07) is 0. The van der Waals surface area contributed by atoms with E-state index in [1.165, 1.54) is 21.5 Å². The van der Waals surface area contributed by atoms with Gasteiger partial charge in [0.25, 0.3) is 0 Å². The molecular formula is C11H12N4O3. The van der Waals surface area contributed by atoms with Crippen molar-refractivity contribution in [2.75, 3.05) is 0 Å². The fraction of sp³-hybridized carbons (Fsp3) is 0.455. The molecule has 0 spiro atoms. The smallest absolute Gasteiger partial charge is 0.350 e. The van der Waals surface area contributed by atoms with Gasteiger partial charge in [-0.2, -0.15) is 0 Å². The highest BCUT2D eigenvalue weighted by Gasteiger charge is 2.45. The van der Waals surface area contributed by atoms with E-state index in [4.69, 9.17) is 5.11 Å². The third kappa shape index (κ3) is 1.77. The largest absolute Gasteiger partial charge is 0.481 e. The lowest BCUT2D eigenvalue weighted by atomic mass is 10.0. The van der Waals surface area contributed by atoms with Crippen LogP contribution in [0.1, 0.15) is 19.3 Å². The van der Waals surface area contributed by atoms with Crippen LogP contribution in [0, 0.1) is 5.41 Å². The first-order valence-electron chi connectivity index (χ1n) is 5.71. The molecule has 2 aromatic rings. The molecule has 94 valence electrons. The molecule has 0 unspecified atom stereocenters. The van der Waals surface area contributed by atoms with Crippen LogP contribution in [0.2, 0.25) is 0 Å². The van der Waals surface area contributed by atoms with E-state index in [9.17, 15) is 9.59 Å². The van der Waals surface area contributed by atoms with E-state index >= 15 is 0 Å². The van der Waals surface area contributed by atoms with Crippen molar-refractivity contribution in [1.82, 2.24) is 19.2 Å². The Labute approximate surface area is 102 Å². The van der Waals surface area contributed by atoms with E-state index in [2.05, 4.69) is 10.1 Å². The van der Waals surface area contributed by atoms with Crippen LogP contribution in [0.4, 0.5) is 0 Å². The zero-order valence-electron chi connectivity index (χ0n) is 9.61. The van der Waals surface area contributed by atoms with Gasteiger partial charge in [0.05, 0.1) is 19.2 Å². The summed E-state index contributed by atoms with van der Waals surface area (Å²) >= 11 is 0. The summed E-state index contributed by atoms with van der Waals surface area (Å²) in [5.41, 5.74) is -0.0567. The maximum Gasteiger partial charge on any atom is 0.350 e. The topological polar surface area (TPSA) is 89.5 Å². The van der Waals surface area contributed by atoms with Crippen LogP contribution in [-0.2, 0) is 11.3 Å². The molecule has 0 amide bonds. The van der Waals surface area contributed by atoms with Crippen LogP contribution in [0.3, 0.4) is 0 Å². The first-order valence-corrected chi connectivity index (χ1v) is 5.71. The maximum atomic E-state index is 12.0. The predicted molar refractivity (Wildman–Crippen MR) is 61.2 cm³/mol. The second-order valence-electron chi connectivity index (χ2n) is 4.82. The van der Waals surface area contributed by atoms with Crippen molar-refractivity contribution in [2.45, 2.75) is 25.8 Å². The number of carbonyl (C=O) groups is 1. The Kier molecular flexibility index (Phi) is 2.22. The molecule has 7 heteroatoms. The van der Waals surface area contributed by atoms with Gasteiger partial charge in [0.15, 0.2) is 5.65 Å². The van der Waals surface area contributed by atoms with Crippen molar-refractivity contribution in [2.24, 2.45) is 5.41 Å². The van der Waals surface area contributed by atoms with Gasteiger partial charge in [0.1, 0.15) is 0 Å². The normalized spacial score (nSPS) is 16.9. The summed E-state index contributed by atoms with van der Waals surface area (Å²) in [7, 11) is 0. The molecule has 0 aliphatic heterocycles. The van der Waals surface area contributed by atoms with Gasteiger partial charge in [-0.3, -0.25) is 9.78 Å². The third-order valence-corrected chi connectivity index (χ3v) is 3.36. The standard InChI is InChI=1S/C11H12N4O3/c16-9(17)5-11(1-2-11)7-15-10(18)14-4-3-12-6-8(14)13-15/h3-4,6H,1-2,5,7H2,(H,16,17). The molecule has 1 fully saturated rings. The molecule has 2 heterocycles. The highest BCUT2D eigenvalue weighted by atomic mass is 16.4. The summed E-state index contributed by atoms with van der Waals surface area (Å²) < 4.78 is 2.75. The fourth-order valence-corrected chi connectivity index (χ4v) is 2.19. The van der Waals surface area contributed by atoms with E-state index in [0.717, 1.165) is 12.8 Å². The Morgan fingerprint density at radius 2 is 2.28 bits per heavy atom. The molecule has 1 aliphatic carbocycles. The third-order valence-electron chi connectivity index (χ3n) is 3.36. The molecule has 7 nitrogen and oxygen atoms in total. The molecule has 3 rings (SSSR count). The molecule has 0 bridgehead atoms. The maximum absolute atomic E-state index is 12.0. The van der Waals surface area contributed by atoms with Crippen molar-refractivity contribution in [3.63, 3.8) is 0 Å². The molecule has 0 radical (unpaired) electrons. The van der Waals surface area contributed by atoms with Crippen LogP contribution < -0.4 is 5.69 Å². The number of fused-ring (bicyclic) bond motifs is 1. The van der Waals surface area contributed by atoms with Gasteiger partial charge in [0, 0.05) is 17.8 Å². The number of nitrogens with zero attached hydrogens (tertiary/aromatic N) is 4. The molecule has 1 aliphatic rings. The Morgan fingerprint density at radius 3 is 2.89 bits per heavy atom. The molecule has 2 aromatic heterocycles. The number of carboxylic acids is 1. The van der Waals surface area contributed by atoms with Crippen molar-refractivity contribution in [3.05, 3.63) is 29.1 Å². The van der Waals surface area contributed by atoms with Crippen LogP contribution in [0.5, 0.6) is 0 Å². The van der Waals surface area contributed by atoms with Crippen molar-refractivity contribution in [1.29, 1.82) is 0 Å². The van der Waals surface area contributed by atoms with Gasteiger partial charge in [-0.1, -0.05) is 0 Å². The van der Waals surface area contributed by atoms with Crippen LogP contribution in [0.25, 0.3) is 5.65 Å². The monoisotopic (exact) mass is 248 g/mol. The lowest BCUT2D eigenvalue weighted by molar-refractivity contribution is -0.138. The zero-order valence-corrected chi connectivity index (χ0v) is 9.61. The van der Waals surface area contributed by atoms with Crippen molar-refractivity contribution in [3.8, 4) is 0 Å². The highest BCUT2D eigenvalue weighted by molar-refractivity contribution is 5.68. The van der Waals surface area contributed by atoms with Gasteiger partial charge in [-0.15, -0.1) is 5.10 Å². The molecule has 0 atom stereocenters. The average molecular weight is 248 g/mol. The van der Waals surface area contributed by atoms with Crippen molar-refractivity contribution < 1.29 is 9.90 Å². The lowest BCUT2D eigenvalue weighted by Crippen LogP contribution is -2.26. The van der Waals surface area contributed by atoms with Crippen LogP contribution >= 0.6 is 0 Å². The minimum atomic E-state index is -0.828. The molecule has 0 saturated heterocycles.